The van der Waals surface area contributed by atoms with Crippen molar-refractivity contribution >= 4 is 10.0 Å². The molecule has 0 aliphatic rings. The van der Waals surface area contributed by atoms with Crippen molar-refractivity contribution in [1.29, 1.82) is 0 Å². The molecule has 19 heavy (non-hydrogen) atoms. The van der Waals surface area contributed by atoms with Gasteiger partial charge >= 0.3 is 0 Å². The fourth-order valence-electron chi connectivity index (χ4n) is 1.69. The normalized spacial score (nSPS) is 12.5. The third-order valence-corrected chi connectivity index (χ3v) is 4.66. The van der Waals surface area contributed by atoms with Crippen molar-refractivity contribution in [3.63, 3.8) is 0 Å². The van der Waals surface area contributed by atoms with Gasteiger partial charge in [0.05, 0.1) is 12.3 Å². The van der Waals surface area contributed by atoms with E-state index in [-0.39, 0.29) is 12.3 Å². The van der Waals surface area contributed by atoms with Crippen LogP contribution in [0.3, 0.4) is 0 Å². The van der Waals surface area contributed by atoms with Crippen molar-refractivity contribution in [3.05, 3.63) is 23.7 Å². The molecule has 0 radical (unpaired) electrons. The summed E-state index contributed by atoms with van der Waals surface area (Å²) in [5, 5.41) is 3.21. The van der Waals surface area contributed by atoms with Crippen LogP contribution >= 0.6 is 0 Å². The Bertz CT molecular complexity index is 480. The minimum atomic E-state index is -3.21. The molecular formula is C13H24N2O3S. The molecule has 1 heterocycles. The quantitative estimate of drug-likeness (QED) is 0.740. The molecule has 0 aromatic carbocycles. The largest absolute Gasteiger partial charge is 0.465 e. The lowest BCUT2D eigenvalue weighted by molar-refractivity contribution is 0.396. The Morgan fingerprint density at radius 3 is 2.58 bits per heavy atom. The summed E-state index contributed by atoms with van der Waals surface area (Å²) in [5.41, 5.74) is 0. The first kappa shape index (κ1) is 16.2. The summed E-state index contributed by atoms with van der Waals surface area (Å²) < 4.78 is 30.8. The average molecular weight is 288 g/mol. The molecule has 1 rings (SSSR count). The molecule has 0 atom stereocenters. The van der Waals surface area contributed by atoms with E-state index in [0.29, 0.717) is 24.8 Å². The summed E-state index contributed by atoms with van der Waals surface area (Å²) in [7, 11) is -1.63. The van der Waals surface area contributed by atoms with Crippen LogP contribution < -0.4 is 5.32 Å². The summed E-state index contributed by atoms with van der Waals surface area (Å²) in [4.78, 5) is 0. The lowest BCUT2D eigenvalue weighted by Crippen LogP contribution is -2.31. The molecule has 1 aromatic heterocycles. The van der Waals surface area contributed by atoms with Gasteiger partial charge < -0.3 is 9.73 Å². The molecule has 0 aliphatic heterocycles. The van der Waals surface area contributed by atoms with Crippen LogP contribution in [-0.2, 0) is 16.6 Å². The first-order chi connectivity index (χ1) is 8.81. The van der Waals surface area contributed by atoms with Gasteiger partial charge in [0.1, 0.15) is 11.5 Å². The van der Waals surface area contributed by atoms with Crippen LogP contribution in [0.2, 0.25) is 0 Å². The number of aryl methyl sites for hydroxylation is 1. The lowest BCUT2D eigenvalue weighted by atomic mass is 10.4. The minimum Gasteiger partial charge on any atom is -0.465 e. The number of furan rings is 1. The molecule has 0 spiro atoms. The molecular weight excluding hydrogens is 264 g/mol. The monoisotopic (exact) mass is 288 g/mol. The van der Waals surface area contributed by atoms with E-state index >= 15 is 0 Å². The number of nitrogens with zero attached hydrogens (tertiary/aromatic N) is 1. The minimum absolute atomic E-state index is 0.156. The molecule has 0 aliphatic carbocycles. The van der Waals surface area contributed by atoms with Crippen molar-refractivity contribution in [2.24, 2.45) is 0 Å². The fourth-order valence-corrected chi connectivity index (χ4v) is 2.83. The number of sulfonamides is 1. The Balaban J connectivity index is 2.43. The predicted octanol–water partition coefficient (Wildman–Crippen LogP) is 1.74. The molecule has 1 N–H and O–H groups in total. The third-order valence-electron chi connectivity index (χ3n) is 2.78. The summed E-state index contributed by atoms with van der Waals surface area (Å²) in [5.74, 6) is 1.62. The topological polar surface area (TPSA) is 62.6 Å². The van der Waals surface area contributed by atoms with Crippen LogP contribution in [0.4, 0.5) is 0 Å². The van der Waals surface area contributed by atoms with E-state index < -0.39 is 10.0 Å². The Morgan fingerprint density at radius 2 is 2.05 bits per heavy atom. The molecule has 0 fully saturated rings. The van der Waals surface area contributed by atoms with E-state index in [1.807, 2.05) is 32.9 Å². The Hall–Kier alpha value is -0.850. The zero-order chi connectivity index (χ0) is 14.5. The predicted molar refractivity (Wildman–Crippen MR) is 76.5 cm³/mol. The van der Waals surface area contributed by atoms with E-state index in [4.69, 9.17) is 4.42 Å². The highest BCUT2D eigenvalue weighted by atomic mass is 32.2. The third kappa shape index (κ3) is 5.76. The average Bonchev–Trinajstić information content (AvgIpc) is 2.70. The molecule has 0 saturated heterocycles. The van der Waals surface area contributed by atoms with Crippen molar-refractivity contribution in [3.8, 4) is 0 Å². The standard InChI is InChI=1S/C13H24N2O3S/c1-11(2)14-8-5-9-19(16,17)15(4)10-13-7-6-12(3)18-13/h6-7,11,14H,5,8-10H2,1-4H3. The van der Waals surface area contributed by atoms with Gasteiger partial charge in [0.15, 0.2) is 0 Å². The zero-order valence-electron chi connectivity index (χ0n) is 12.1. The molecule has 0 bridgehead atoms. The van der Waals surface area contributed by atoms with Crippen molar-refractivity contribution in [2.45, 2.75) is 39.8 Å². The SMILES string of the molecule is Cc1ccc(CN(C)S(=O)(=O)CCCNC(C)C)o1. The van der Waals surface area contributed by atoms with E-state index in [9.17, 15) is 8.42 Å². The first-order valence-electron chi connectivity index (χ1n) is 6.54. The summed E-state index contributed by atoms with van der Waals surface area (Å²) in [6, 6.07) is 4.02. The van der Waals surface area contributed by atoms with Crippen LogP contribution in [0.1, 0.15) is 31.8 Å². The van der Waals surface area contributed by atoms with Crippen LogP contribution in [0.15, 0.2) is 16.5 Å². The van der Waals surface area contributed by atoms with Gasteiger partial charge in [-0.1, -0.05) is 13.8 Å². The summed E-state index contributed by atoms with van der Waals surface area (Å²) in [6.07, 6.45) is 0.613. The van der Waals surface area contributed by atoms with Gasteiger partial charge in [0.2, 0.25) is 10.0 Å². The van der Waals surface area contributed by atoms with Crippen LogP contribution in [0.25, 0.3) is 0 Å². The van der Waals surface area contributed by atoms with Crippen molar-refractivity contribution in [2.75, 3.05) is 19.3 Å². The van der Waals surface area contributed by atoms with E-state index in [1.54, 1.807) is 7.05 Å². The second-order valence-corrected chi connectivity index (χ2v) is 7.24. The van der Waals surface area contributed by atoms with Crippen molar-refractivity contribution < 1.29 is 12.8 Å². The van der Waals surface area contributed by atoms with Gasteiger partial charge in [-0.2, -0.15) is 4.31 Å². The molecule has 0 amide bonds. The van der Waals surface area contributed by atoms with Crippen LogP contribution in [0.5, 0.6) is 0 Å². The molecule has 1 aromatic rings. The maximum atomic E-state index is 12.0. The zero-order valence-corrected chi connectivity index (χ0v) is 13.0. The second kappa shape index (κ2) is 7.07. The highest BCUT2D eigenvalue weighted by Crippen LogP contribution is 2.11. The van der Waals surface area contributed by atoms with Gasteiger partial charge in [-0.25, -0.2) is 8.42 Å². The Labute approximate surface area is 116 Å². The molecule has 6 heteroatoms. The maximum Gasteiger partial charge on any atom is 0.214 e. The van der Waals surface area contributed by atoms with E-state index in [0.717, 1.165) is 5.76 Å². The molecule has 0 saturated carbocycles. The Morgan fingerprint density at radius 1 is 1.37 bits per heavy atom. The van der Waals surface area contributed by atoms with Crippen LogP contribution in [0, 0.1) is 6.92 Å². The van der Waals surface area contributed by atoms with Gasteiger partial charge in [0.25, 0.3) is 0 Å². The number of hydrogen-bond donors (Lipinski definition) is 1. The number of nitrogens with one attached hydrogen (secondary N) is 1. The van der Waals surface area contributed by atoms with E-state index in [1.165, 1.54) is 4.31 Å². The highest BCUT2D eigenvalue weighted by molar-refractivity contribution is 7.89. The van der Waals surface area contributed by atoms with Crippen molar-refractivity contribution in [1.82, 2.24) is 9.62 Å². The van der Waals surface area contributed by atoms with Gasteiger partial charge in [-0.05, 0) is 32.0 Å². The van der Waals surface area contributed by atoms with Gasteiger partial charge in [0, 0.05) is 13.1 Å². The van der Waals surface area contributed by atoms with Gasteiger partial charge in [-0.15, -0.1) is 0 Å². The summed E-state index contributed by atoms with van der Waals surface area (Å²) in [6.45, 7) is 6.92. The second-order valence-electron chi connectivity index (χ2n) is 5.05. The van der Waals surface area contributed by atoms with Gasteiger partial charge in [-0.3, -0.25) is 0 Å². The smallest absolute Gasteiger partial charge is 0.214 e. The molecule has 5 nitrogen and oxygen atoms in total. The highest BCUT2D eigenvalue weighted by Gasteiger charge is 2.18. The summed E-state index contributed by atoms with van der Waals surface area (Å²) >= 11 is 0. The Kier molecular flexibility index (Phi) is 6.03. The number of rotatable bonds is 8. The molecule has 110 valence electrons. The van der Waals surface area contributed by atoms with E-state index in [2.05, 4.69) is 5.32 Å². The van der Waals surface area contributed by atoms with Crippen LogP contribution in [-0.4, -0.2) is 38.1 Å². The number of hydrogen-bond acceptors (Lipinski definition) is 4. The fraction of sp³-hybridized carbons (Fsp3) is 0.692. The first-order valence-corrected chi connectivity index (χ1v) is 8.15. The lowest BCUT2D eigenvalue weighted by Gasteiger charge is -2.16. The molecule has 0 unspecified atom stereocenters. The maximum absolute atomic E-state index is 12.0.